The van der Waals surface area contributed by atoms with Crippen molar-refractivity contribution >= 4 is 38.9 Å². The van der Waals surface area contributed by atoms with Crippen LogP contribution in [0.5, 0.6) is 0 Å². The molecule has 0 atom stereocenters. The second kappa shape index (κ2) is 5.55. The van der Waals surface area contributed by atoms with Crippen LogP contribution in [-0.2, 0) is 0 Å². The number of hydrogen-bond acceptors (Lipinski definition) is 2. The minimum Gasteiger partial charge on any atom is -0.353 e. The van der Waals surface area contributed by atoms with Gasteiger partial charge in [0.15, 0.2) is 0 Å². The highest BCUT2D eigenvalue weighted by molar-refractivity contribution is 9.10. The first-order chi connectivity index (χ1) is 9.01. The first-order valence-electron chi connectivity index (χ1n) is 5.12. The summed E-state index contributed by atoms with van der Waals surface area (Å²) in [7, 11) is 0. The predicted octanol–water partition coefficient (Wildman–Crippen LogP) is 5.00. The average Bonchev–Trinajstić information content (AvgIpc) is 2.36. The van der Waals surface area contributed by atoms with E-state index in [1.807, 2.05) is 6.07 Å². The number of benzene rings is 2. The van der Waals surface area contributed by atoms with Gasteiger partial charge >= 0.3 is 0 Å². The monoisotopic (exact) mass is 342 g/mol. The molecule has 0 aromatic heterocycles. The van der Waals surface area contributed by atoms with Crippen molar-refractivity contribution in [1.82, 2.24) is 0 Å². The van der Waals surface area contributed by atoms with Gasteiger partial charge < -0.3 is 5.32 Å². The maximum atomic E-state index is 13.6. The molecular formula is C13H6BrClF2N2. The van der Waals surface area contributed by atoms with E-state index in [0.29, 0.717) is 11.3 Å². The Hall–Kier alpha value is -1.64. The van der Waals surface area contributed by atoms with Crippen LogP contribution in [0.25, 0.3) is 0 Å². The van der Waals surface area contributed by atoms with Crippen LogP contribution in [0.1, 0.15) is 5.56 Å². The lowest BCUT2D eigenvalue weighted by molar-refractivity contribution is 0.598. The minimum atomic E-state index is -0.603. The Balaban J connectivity index is 2.34. The molecule has 2 aromatic carbocycles. The molecule has 2 aromatic rings. The van der Waals surface area contributed by atoms with Gasteiger partial charge in [-0.2, -0.15) is 5.26 Å². The number of nitriles is 1. The van der Waals surface area contributed by atoms with E-state index in [9.17, 15) is 8.78 Å². The van der Waals surface area contributed by atoms with Crippen LogP contribution >= 0.6 is 27.5 Å². The Morgan fingerprint density at radius 2 is 1.89 bits per heavy atom. The van der Waals surface area contributed by atoms with E-state index in [1.165, 1.54) is 12.1 Å². The van der Waals surface area contributed by atoms with E-state index in [2.05, 4.69) is 21.2 Å². The van der Waals surface area contributed by atoms with E-state index in [0.717, 1.165) is 12.1 Å². The molecule has 0 heterocycles. The number of anilines is 2. The SMILES string of the molecule is N#Cc1ccc(Nc2cc(F)c(Br)cc2F)cc1Cl. The molecule has 0 aliphatic carbocycles. The molecule has 0 aliphatic heterocycles. The first kappa shape index (κ1) is 13.8. The number of nitrogens with zero attached hydrogens (tertiary/aromatic N) is 1. The molecule has 2 rings (SSSR count). The van der Waals surface area contributed by atoms with Gasteiger partial charge in [0.1, 0.15) is 17.7 Å². The normalized spacial score (nSPS) is 10.1. The minimum absolute atomic E-state index is 0.0125. The molecule has 0 bridgehead atoms. The highest BCUT2D eigenvalue weighted by Gasteiger charge is 2.09. The standard InChI is InChI=1S/C13H6BrClF2N2/c14-9-4-12(17)13(5-11(9)16)19-8-2-1-7(6-18)10(15)3-8/h1-5,19H. The lowest BCUT2D eigenvalue weighted by atomic mass is 10.2. The summed E-state index contributed by atoms with van der Waals surface area (Å²) in [6.45, 7) is 0. The van der Waals surface area contributed by atoms with E-state index in [-0.39, 0.29) is 15.2 Å². The van der Waals surface area contributed by atoms with E-state index < -0.39 is 11.6 Å². The maximum Gasteiger partial charge on any atom is 0.147 e. The van der Waals surface area contributed by atoms with Gasteiger partial charge in [-0.05, 0) is 40.2 Å². The second-order valence-corrected chi connectivity index (χ2v) is 4.94. The summed E-state index contributed by atoms with van der Waals surface area (Å²) in [5.74, 6) is -1.18. The fraction of sp³-hybridized carbons (Fsp3) is 0. The van der Waals surface area contributed by atoms with Crippen LogP contribution in [0.3, 0.4) is 0 Å². The Bertz CT molecular complexity index is 683. The summed E-state index contributed by atoms with van der Waals surface area (Å²) in [6.07, 6.45) is 0. The van der Waals surface area contributed by atoms with Gasteiger partial charge in [0.25, 0.3) is 0 Å². The highest BCUT2D eigenvalue weighted by atomic mass is 79.9. The Morgan fingerprint density at radius 1 is 1.16 bits per heavy atom. The molecule has 0 aliphatic rings. The van der Waals surface area contributed by atoms with Crippen LogP contribution in [0.15, 0.2) is 34.8 Å². The third-order valence-corrected chi connectivity index (χ3v) is 3.30. The number of halogens is 4. The van der Waals surface area contributed by atoms with Crippen molar-refractivity contribution in [2.45, 2.75) is 0 Å². The van der Waals surface area contributed by atoms with Crippen molar-refractivity contribution in [3.8, 4) is 6.07 Å². The van der Waals surface area contributed by atoms with Gasteiger partial charge in [-0.1, -0.05) is 11.6 Å². The molecule has 0 saturated carbocycles. The van der Waals surface area contributed by atoms with Gasteiger partial charge in [-0.3, -0.25) is 0 Å². The fourth-order valence-corrected chi connectivity index (χ4v) is 2.00. The Kier molecular flexibility index (Phi) is 4.03. The number of hydrogen-bond donors (Lipinski definition) is 1. The van der Waals surface area contributed by atoms with Gasteiger partial charge in [0, 0.05) is 11.8 Å². The van der Waals surface area contributed by atoms with E-state index in [1.54, 1.807) is 6.07 Å². The molecule has 0 saturated heterocycles. The zero-order valence-electron chi connectivity index (χ0n) is 9.35. The van der Waals surface area contributed by atoms with E-state index in [4.69, 9.17) is 16.9 Å². The third kappa shape index (κ3) is 3.03. The molecule has 6 heteroatoms. The summed E-state index contributed by atoms with van der Waals surface area (Å²) in [5, 5.41) is 11.7. The molecule has 0 amide bonds. The summed E-state index contributed by atoms with van der Waals surface area (Å²) in [6, 6.07) is 8.51. The predicted molar refractivity (Wildman–Crippen MR) is 73.5 cm³/mol. The van der Waals surface area contributed by atoms with Crippen molar-refractivity contribution in [3.05, 3.63) is 57.0 Å². The van der Waals surface area contributed by atoms with Gasteiger partial charge in [0.2, 0.25) is 0 Å². The summed E-state index contributed by atoms with van der Waals surface area (Å²) < 4.78 is 27.0. The summed E-state index contributed by atoms with van der Waals surface area (Å²) in [5.41, 5.74) is 0.765. The molecule has 0 fully saturated rings. The largest absolute Gasteiger partial charge is 0.353 e. The van der Waals surface area contributed by atoms with Crippen molar-refractivity contribution in [1.29, 1.82) is 5.26 Å². The van der Waals surface area contributed by atoms with E-state index >= 15 is 0 Å². The van der Waals surface area contributed by atoms with Crippen LogP contribution < -0.4 is 5.32 Å². The van der Waals surface area contributed by atoms with Crippen LogP contribution in [0, 0.1) is 23.0 Å². The Labute approximate surface area is 121 Å². The van der Waals surface area contributed by atoms with Crippen molar-refractivity contribution in [3.63, 3.8) is 0 Å². The zero-order chi connectivity index (χ0) is 14.0. The molecule has 1 N–H and O–H groups in total. The van der Waals surface area contributed by atoms with Gasteiger partial charge in [0.05, 0.1) is 20.7 Å². The molecule has 0 spiro atoms. The molecule has 0 radical (unpaired) electrons. The third-order valence-electron chi connectivity index (χ3n) is 2.38. The van der Waals surface area contributed by atoms with Gasteiger partial charge in [-0.25, -0.2) is 8.78 Å². The second-order valence-electron chi connectivity index (χ2n) is 3.68. The van der Waals surface area contributed by atoms with Crippen LogP contribution in [0.2, 0.25) is 5.02 Å². The summed E-state index contributed by atoms with van der Waals surface area (Å²) >= 11 is 8.75. The smallest absolute Gasteiger partial charge is 0.147 e. The lowest BCUT2D eigenvalue weighted by Crippen LogP contribution is -1.96. The first-order valence-corrected chi connectivity index (χ1v) is 6.29. The molecule has 2 nitrogen and oxygen atoms in total. The van der Waals surface area contributed by atoms with Crippen LogP contribution in [0.4, 0.5) is 20.2 Å². The molecular weight excluding hydrogens is 338 g/mol. The number of nitrogens with one attached hydrogen (secondary N) is 1. The average molecular weight is 344 g/mol. The van der Waals surface area contributed by atoms with Crippen molar-refractivity contribution in [2.75, 3.05) is 5.32 Å². The fourth-order valence-electron chi connectivity index (χ4n) is 1.46. The summed E-state index contributed by atoms with van der Waals surface area (Å²) in [4.78, 5) is 0. The highest BCUT2D eigenvalue weighted by Crippen LogP contribution is 2.28. The number of rotatable bonds is 2. The van der Waals surface area contributed by atoms with Crippen LogP contribution in [-0.4, -0.2) is 0 Å². The van der Waals surface area contributed by atoms with Crippen molar-refractivity contribution in [2.24, 2.45) is 0 Å². The molecule has 0 unspecified atom stereocenters. The zero-order valence-corrected chi connectivity index (χ0v) is 11.7. The van der Waals surface area contributed by atoms with Crippen molar-refractivity contribution < 1.29 is 8.78 Å². The molecule has 96 valence electrons. The topological polar surface area (TPSA) is 35.8 Å². The Morgan fingerprint density at radius 3 is 2.53 bits per heavy atom. The quantitative estimate of drug-likeness (QED) is 0.779. The lowest BCUT2D eigenvalue weighted by Gasteiger charge is -2.09. The van der Waals surface area contributed by atoms with Gasteiger partial charge in [-0.15, -0.1) is 0 Å². The molecule has 19 heavy (non-hydrogen) atoms. The maximum absolute atomic E-state index is 13.6.